The predicted molar refractivity (Wildman–Crippen MR) is 128 cm³/mol. The van der Waals surface area contributed by atoms with E-state index >= 15 is 0 Å². The van der Waals surface area contributed by atoms with E-state index in [1.165, 1.54) is 21.9 Å². The van der Waals surface area contributed by atoms with Crippen LogP contribution in [0.15, 0.2) is 54.6 Å². The van der Waals surface area contributed by atoms with Gasteiger partial charge in [0.1, 0.15) is 17.2 Å². The van der Waals surface area contributed by atoms with Crippen molar-refractivity contribution in [1.29, 1.82) is 0 Å². The number of urea groups is 1. The fraction of sp³-hybridized carbons (Fsp3) is 0.296. The van der Waals surface area contributed by atoms with Gasteiger partial charge in [-0.25, -0.2) is 13.6 Å². The van der Waals surface area contributed by atoms with Crippen molar-refractivity contribution in [3.63, 3.8) is 0 Å². The number of halogens is 2. The van der Waals surface area contributed by atoms with Gasteiger partial charge in [0.25, 0.3) is 5.91 Å². The zero-order valence-electron chi connectivity index (χ0n) is 19.9. The highest BCUT2D eigenvalue weighted by molar-refractivity contribution is 6.07. The van der Waals surface area contributed by atoms with Crippen LogP contribution in [0.3, 0.4) is 0 Å². The van der Waals surface area contributed by atoms with Gasteiger partial charge in [0.05, 0.1) is 6.04 Å². The third kappa shape index (κ3) is 4.48. The summed E-state index contributed by atoms with van der Waals surface area (Å²) in [6.07, 6.45) is 4.55. The fourth-order valence-corrected chi connectivity index (χ4v) is 4.78. The van der Waals surface area contributed by atoms with Gasteiger partial charge in [-0.1, -0.05) is 36.9 Å². The zero-order chi connectivity index (χ0) is 25.5. The molecule has 1 heterocycles. The van der Waals surface area contributed by atoms with E-state index in [4.69, 9.17) is 0 Å². The van der Waals surface area contributed by atoms with Crippen molar-refractivity contribution >= 4 is 23.9 Å². The second kappa shape index (κ2) is 9.09. The number of amides is 4. The molecule has 1 aliphatic carbocycles. The van der Waals surface area contributed by atoms with Crippen LogP contribution < -0.4 is 5.32 Å². The van der Waals surface area contributed by atoms with E-state index in [-0.39, 0.29) is 18.4 Å². The molecule has 0 aromatic heterocycles. The van der Waals surface area contributed by atoms with Gasteiger partial charge >= 0.3 is 6.03 Å². The summed E-state index contributed by atoms with van der Waals surface area (Å²) in [7, 11) is 1.63. The average Bonchev–Trinajstić information content (AvgIpc) is 3.28. The van der Waals surface area contributed by atoms with E-state index < -0.39 is 29.2 Å². The number of hydrogen-bond acceptors (Lipinski definition) is 3. The Labute approximate surface area is 202 Å². The summed E-state index contributed by atoms with van der Waals surface area (Å²) in [5.41, 5.74) is 2.66. The Morgan fingerprint density at radius 1 is 1.17 bits per heavy atom. The van der Waals surface area contributed by atoms with Crippen LogP contribution >= 0.6 is 0 Å². The van der Waals surface area contributed by atoms with Crippen LogP contribution in [0.25, 0.3) is 6.08 Å². The van der Waals surface area contributed by atoms with Crippen molar-refractivity contribution in [3.05, 3.63) is 88.5 Å². The van der Waals surface area contributed by atoms with Crippen LogP contribution in [-0.2, 0) is 22.4 Å². The van der Waals surface area contributed by atoms with Gasteiger partial charge in [-0.2, -0.15) is 0 Å². The summed E-state index contributed by atoms with van der Waals surface area (Å²) in [5.74, 6) is -2.01. The Bertz CT molecular complexity index is 1250. The van der Waals surface area contributed by atoms with E-state index in [1.54, 1.807) is 27.0 Å². The largest absolute Gasteiger partial charge is 0.328 e. The molecule has 2 aliphatic rings. The topological polar surface area (TPSA) is 69.7 Å². The molecule has 0 unspecified atom stereocenters. The molecule has 182 valence electrons. The van der Waals surface area contributed by atoms with E-state index in [9.17, 15) is 23.2 Å². The second-order valence-electron chi connectivity index (χ2n) is 9.25. The second-order valence-corrected chi connectivity index (χ2v) is 9.25. The number of fused-ring (bicyclic) bond motifs is 1. The highest BCUT2D eigenvalue weighted by Crippen LogP contribution is 2.37. The summed E-state index contributed by atoms with van der Waals surface area (Å²) >= 11 is 0. The lowest BCUT2D eigenvalue weighted by Gasteiger charge is -2.29. The molecule has 1 spiro atoms. The van der Waals surface area contributed by atoms with Crippen molar-refractivity contribution in [2.75, 3.05) is 13.6 Å². The van der Waals surface area contributed by atoms with E-state index in [1.807, 2.05) is 24.3 Å². The molecule has 2 aromatic rings. The quantitative estimate of drug-likeness (QED) is 0.500. The Kier molecular flexibility index (Phi) is 6.32. The van der Waals surface area contributed by atoms with E-state index in [0.29, 0.717) is 24.0 Å². The Morgan fingerprint density at radius 2 is 1.83 bits per heavy atom. The molecule has 1 N–H and O–H groups in total. The van der Waals surface area contributed by atoms with Crippen molar-refractivity contribution < 1.29 is 23.2 Å². The molecule has 4 rings (SSSR count). The van der Waals surface area contributed by atoms with Gasteiger partial charge in [0, 0.05) is 38.1 Å². The molecule has 1 aliphatic heterocycles. The zero-order valence-corrected chi connectivity index (χ0v) is 19.9. The summed E-state index contributed by atoms with van der Waals surface area (Å²) < 4.78 is 27.5. The van der Waals surface area contributed by atoms with Crippen LogP contribution in [0.5, 0.6) is 0 Å². The van der Waals surface area contributed by atoms with Crippen LogP contribution in [0.4, 0.5) is 13.6 Å². The van der Waals surface area contributed by atoms with Crippen LogP contribution in [0.2, 0.25) is 0 Å². The number of hydrogen-bond donors (Lipinski definition) is 1. The van der Waals surface area contributed by atoms with Gasteiger partial charge in [-0.05, 0) is 48.2 Å². The third-order valence-electron chi connectivity index (χ3n) is 6.86. The molecule has 0 bridgehead atoms. The number of carbonyl (C=O) groups is 3. The molecular weight excluding hydrogens is 452 g/mol. The highest BCUT2D eigenvalue weighted by atomic mass is 19.1. The first-order chi connectivity index (χ1) is 16.5. The van der Waals surface area contributed by atoms with Crippen molar-refractivity contribution in [1.82, 2.24) is 15.1 Å². The number of rotatable bonds is 6. The Hall–Kier alpha value is -3.81. The molecule has 1 saturated heterocycles. The minimum Gasteiger partial charge on any atom is -0.328 e. The van der Waals surface area contributed by atoms with Gasteiger partial charge in [-0.15, -0.1) is 0 Å². The van der Waals surface area contributed by atoms with E-state index in [0.717, 1.165) is 22.8 Å². The first kappa shape index (κ1) is 24.3. The molecule has 2 atom stereocenters. The molecule has 2 aromatic carbocycles. The SMILES string of the molecule is C=C(C)C(=O)N(C/C=C/c1ccc2c(c1)C[C@@]1(C2)C(=O)NC(=O)N1C)[C@H](C)c1cc(F)cc(F)c1. The normalized spacial score (nSPS) is 19.9. The third-order valence-corrected chi connectivity index (χ3v) is 6.86. The monoisotopic (exact) mass is 479 g/mol. The molecule has 4 amide bonds. The first-order valence-electron chi connectivity index (χ1n) is 11.3. The number of benzene rings is 2. The van der Waals surface area contributed by atoms with Crippen LogP contribution in [0, 0.1) is 11.6 Å². The van der Waals surface area contributed by atoms with Gasteiger partial charge in [-0.3, -0.25) is 14.9 Å². The van der Waals surface area contributed by atoms with Crippen molar-refractivity contribution in [2.45, 2.75) is 38.3 Å². The summed E-state index contributed by atoms with van der Waals surface area (Å²) in [6, 6.07) is 8.09. The number of nitrogens with one attached hydrogen (secondary N) is 1. The van der Waals surface area contributed by atoms with Crippen LogP contribution in [0.1, 0.15) is 42.1 Å². The van der Waals surface area contributed by atoms with Crippen molar-refractivity contribution in [3.8, 4) is 0 Å². The number of likely N-dealkylation sites (N-methyl/N-ethyl adjacent to an activating group) is 1. The lowest BCUT2D eigenvalue weighted by atomic mass is 9.95. The highest BCUT2D eigenvalue weighted by Gasteiger charge is 2.54. The molecular formula is C27H27F2N3O3. The maximum atomic E-state index is 13.8. The minimum atomic E-state index is -0.887. The first-order valence-corrected chi connectivity index (χ1v) is 11.3. The molecule has 6 nitrogen and oxygen atoms in total. The molecule has 1 fully saturated rings. The van der Waals surface area contributed by atoms with Gasteiger partial charge in [0.2, 0.25) is 5.91 Å². The predicted octanol–water partition coefficient (Wildman–Crippen LogP) is 4.16. The Morgan fingerprint density at radius 3 is 2.43 bits per heavy atom. The molecule has 0 radical (unpaired) electrons. The fourth-order valence-electron chi connectivity index (χ4n) is 4.78. The van der Waals surface area contributed by atoms with Gasteiger partial charge < -0.3 is 9.80 Å². The summed E-state index contributed by atoms with van der Waals surface area (Å²) in [5, 5.41) is 2.39. The lowest BCUT2D eigenvalue weighted by molar-refractivity contribution is -0.128. The maximum Gasteiger partial charge on any atom is 0.324 e. The maximum absolute atomic E-state index is 13.8. The Balaban J connectivity index is 1.53. The summed E-state index contributed by atoms with van der Waals surface area (Å²) in [4.78, 5) is 40.2. The van der Waals surface area contributed by atoms with Crippen molar-refractivity contribution in [2.24, 2.45) is 0 Å². The number of nitrogens with zero attached hydrogens (tertiary/aromatic N) is 2. The lowest BCUT2D eigenvalue weighted by Crippen LogP contribution is -2.48. The molecule has 0 saturated carbocycles. The minimum absolute atomic E-state index is 0.200. The van der Waals surface area contributed by atoms with E-state index in [2.05, 4.69) is 11.9 Å². The summed E-state index contributed by atoms with van der Waals surface area (Å²) in [6.45, 7) is 7.22. The van der Waals surface area contributed by atoms with Gasteiger partial charge in [0.15, 0.2) is 0 Å². The van der Waals surface area contributed by atoms with Crippen LogP contribution in [-0.4, -0.2) is 46.8 Å². The molecule has 35 heavy (non-hydrogen) atoms. The number of imide groups is 1. The smallest absolute Gasteiger partial charge is 0.324 e. The standard InChI is InChI=1S/C27H27F2N3O3/c1-16(2)24(33)32(17(3)20-11-22(28)13-23(29)12-20)9-5-6-18-7-8-19-14-27(15-21(19)10-18)25(34)30-26(35)31(27)4/h5-8,10-13,17H,1,9,14-15H2,2-4H3,(H,30,34,35)/b6-5+/t17-,27+/m1/s1. The molecule has 8 heteroatoms. The number of carbonyl (C=O) groups excluding carboxylic acids is 3. The average molecular weight is 480 g/mol.